The van der Waals surface area contributed by atoms with Gasteiger partial charge in [-0.3, -0.25) is 0 Å². The van der Waals surface area contributed by atoms with E-state index in [4.69, 9.17) is 16.3 Å². The lowest BCUT2D eigenvalue weighted by Crippen LogP contribution is -1.87. The standard InChI is InChI=1S/C24H17ClOS2/c25-18-14-16-20(17-15-18)27-23-12-6-7-13-24(23)28-22-11-5-4-10-21(22)26-19-8-2-1-3-9-19/h1-17H. The molecule has 4 heteroatoms. The highest BCUT2D eigenvalue weighted by molar-refractivity contribution is 8.02. The van der Waals surface area contributed by atoms with Gasteiger partial charge in [0.25, 0.3) is 0 Å². The van der Waals surface area contributed by atoms with Gasteiger partial charge in [0.2, 0.25) is 0 Å². The Morgan fingerprint density at radius 1 is 0.536 bits per heavy atom. The maximum atomic E-state index is 6.11. The Bertz CT molecular complexity index is 1050. The number of hydrogen-bond donors (Lipinski definition) is 0. The highest BCUT2D eigenvalue weighted by atomic mass is 35.5. The molecule has 0 saturated heterocycles. The van der Waals surface area contributed by atoms with Crippen molar-refractivity contribution < 1.29 is 4.74 Å². The van der Waals surface area contributed by atoms with Crippen LogP contribution in [0.3, 0.4) is 0 Å². The molecule has 138 valence electrons. The average molecular weight is 421 g/mol. The van der Waals surface area contributed by atoms with Crippen LogP contribution in [-0.2, 0) is 0 Å². The van der Waals surface area contributed by atoms with Crippen molar-refractivity contribution in [1.29, 1.82) is 0 Å². The molecule has 4 aromatic carbocycles. The van der Waals surface area contributed by atoms with Crippen molar-refractivity contribution in [2.75, 3.05) is 0 Å². The molecule has 28 heavy (non-hydrogen) atoms. The molecule has 0 aliphatic heterocycles. The molecule has 0 N–H and O–H groups in total. The summed E-state index contributed by atoms with van der Waals surface area (Å²) in [4.78, 5) is 4.62. The minimum Gasteiger partial charge on any atom is -0.456 e. The van der Waals surface area contributed by atoms with E-state index in [0.29, 0.717) is 0 Å². The quantitative estimate of drug-likeness (QED) is 0.309. The number of rotatable bonds is 6. The molecule has 0 aliphatic carbocycles. The molecule has 1 nitrogen and oxygen atoms in total. The first-order chi connectivity index (χ1) is 13.8. The van der Waals surface area contributed by atoms with Crippen LogP contribution in [-0.4, -0.2) is 0 Å². The summed E-state index contributed by atoms with van der Waals surface area (Å²) in [6, 6.07) is 34.3. The summed E-state index contributed by atoms with van der Waals surface area (Å²) in [7, 11) is 0. The first-order valence-corrected chi connectivity index (χ1v) is 10.8. The number of para-hydroxylation sites is 2. The van der Waals surface area contributed by atoms with Crippen LogP contribution in [0.1, 0.15) is 0 Å². The number of benzene rings is 4. The Labute approximate surface area is 178 Å². The minimum absolute atomic E-state index is 0.749. The van der Waals surface area contributed by atoms with Crippen molar-refractivity contribution in [3.8, 4) is 11.5 Å². The third-order valence-electron chi connectivity index (χ3n) is 3.93. The van der Waals surface area contributed by atoms with Gasteiger partial charge in [0.15, 0.2) is 0 Å². The molecule has 0 amide bonds. The fourth-order valence-electron chi connectivity index (χ4n) is 2.60. The first kappa shape index (κ1) is 19.0. The summed E-state index contributed by atoms with van der Waals surface area (Å²) in [5, 5.41) is 0.749. The van der Waals surface area contributed by atoms with Crippen LogP contribution >= 0.6 is 35.1 Å². The van der Waals surface area contributed by atoms with Gasteiger partial charge in [0.1, 0.15) is 11.5 Å². The molecule has 0 aliphatic rings. The van der Waals surface area contributed by atoms with E-state index in [1.807, 2.05) is 72.8 Å². The van der Waals surface area contributed by atoms with Crippen molar-refractivity contribution in [2.45, 2.75) is 19.6 Å². The molecule has 4 aromatic rings. The van der Waals surface area contributed by atoms with Gasteiger partial charge < -0.3 is 4.74 Å². The minimum atomic E-state index is 0.749. The zero-order chi connectivity index (χ0) is 19.2. The van der Waals surface area contributed by atoms with Gasteiger partial charge in [0.05, 0.1) is 4.90 Å². The SMILES string of the molecule is Clc1ccc(Sc2ccccc2Sc2ccccc2Oc2ccccc2)cc1. The average Bonchev–Trinajstić information content (AvgIpc) is 2.73. The summed E-state index contributed by atoms with van der Waals surface area (Å²) < 4.78 is 6.11. The van der Waals surface area contributed by atoms with E-state index in [9.17, 15) is 0 Å². The van der Waals surface area contributed by atoms with Gasteiger partial charge in [-0.25, -0.2) is 0 Å². The monoisotopic (exact) mass is 420 g/mol. The van der Waals surface area contributed by atoms with E-state index < -0.39 is 0 Å². The highest BCUT2D eigenvalue weighted by Gasteiger charge is 2.10. The van der Waals surface area contributed by atoms with E-state index in [2.05, 4.69) is 30.3 Å². The Morgan fingerprint density at radius 3 is 1.82 bits per heavy atom. The summed E-state index contributed by atoms with van der Waals surface area (Å²) in [6.45, 7) is 0. The molecule has 0 bridgehead atoms. The Kier molecular flexibility index (Phi) is 6.27. The van der Waals surface area contributed by atoms with Crippen molar-refractivity contribution in [3.05, 3.63) is 108 Å². The maximum absolute atomic E-state index is 6.11. The summed E-state index contributed by atoms with van der Waals surface area (Å²) in [6.07, 6.45) is 0. The molecule has 0 heterocycles. The van der Waals surface area contributed by atoms with E-state index in [1.165, 1.54) is 9.79 Å². The fraction of sp³-hybridized carbons (Fsp3) is 0. The predicted octanol–water partition coefficient (Wildman–Crippen LogP) is 8.43. The maximum Gasteiger partial charge on any atom is 0.141 e. The Morgan fingerprint density at radius 2 is 1.11 bits per heavy atom. The lowest BCUT2D eigenvalue weighted by Gasteiger charge is -2.13. The lowest BCUT2D eigenvalue weighted by atomic mass is 10.3. The molecule has 4 rings (SSSR count). The second-order valence-corrected chi connectivity index (χ2v) is 8.60. The van der Waals surface area contributed by atoms with Gasteiger partial charge in [-0.05, 0) is 60.7 Å². The van der Waals surface area contributed by atoms with Crippen LogP contribution in [0.4, 0.5) is 0 Å². The van der Waals surface area contributed by atoms with Crippen LogP contribution < -0.4 is 4.74 Å². The molecule has 0 radical (unpaired) electrons. The zero-order valence-corrected chi connectivity index (χ0v) is 17.3. The van der Waals surface area contributed by atoms with Gasteiger partial charge >= 0.3 is 0 Å². The van der Waals surface area contributed by atoms with Gasteiger partial charge in [-0.15, -0.1) is 0 Å². The number of halogens is 1. The number of hydrogen-bond acceptors (Lipinski definition) is 3. The Balaban J connectivity index is 1.59. The Hall–Kier alpha value is -2.33. The molecular formula is C24H17ClOS2. The summed E-state index contributed by atoms with van der Waals surface area (Å²) in [5.41, 5.74) is 0. The van der Waals surface area contributed by atoms with E-state index >= 15 is 0 Å². The first-order valence-electron chi connectivity index (χ1n) is 8.80. The van der Waals surface area contributed by atoms with Crippen molar-refractivity contribution in [2.24, 2.45) is 0 Å². The van der Waals surface area contributed by atoms with Crippen LogP contribution in [0.25, 0.3) is 0 Å². The number of ether oxygens (including phenoxy) is 1. The normalized spacial score (nSPS) is 10.6. The van der Waals surface area contributed by atoms with Crippen LogP contribution in [0, 0.1) is 0 Å². The third-order valence-corrected chi connectivity index (χ3v) is 6.53. The summed E-state index contributed by atoms with van der Waals surface area (Å²) >= 11 is 9.45. The molecule has 0 saturated carbocycles. The topological polar surface area (TPSA) is 9.23 Å². The molecule has 0 unspecified atom stereocenters. The van der Waals surface area contributed by atoms with Crippen molar-refractivity contribution in [1.82, 2.24) is 0 Å². The van der Waals surface area contributed by atoms with Crippen LogP contribution in [0.15, 0.2) is 123 Å². The molecule has 0 spiro atoms. The molecule has 0 atom stereocenters. The molecular weight excluding hydrogens is 404 g/mol. The smallest absolute Gasteiger partial charge is 0.141 e. The highest BCUT2D eigenvalue weighted by Crippen LogP contribution is 2.42. The fourth-order valence-corrected chi connectivity index (χ4v) is 4.73. The van der Waals surface area contributed by atoms with E-state index in [0.717, 1.165) is 26.3 Å². The van der Waals surface area contributed by atoms with Gasteiger partial charge in [-0.1, -0.05) is 77.6 Å². The second-order valence-electron chi connectivity index (χ2n) is 5.97. The largest absolute Gasteiger partial charge is 0.456 e. The van der Waals surface area contributed by atoms with E-state index in [1.54, 1.807) is 23.5 Å². The van der Waals surface area contributed by atoms with E-state index in [-0.39, 0.29) is 0 Å². The van der Waals surface area contributed by atoms with Crippen LogP contribution in [0.5, 0.6) is 11.5 Å². The molecule has 0 aromatic heterocycles. The summed E-state index contributed by atoms with van der Waals surface area (Å²) in [5.74, 6) is 1.68. The van der Waals surface area contributed by atoms with Crippen molar-refractivity contribution in [3.63, 3.8) is 0 Å². The van der Waals surface area contributed by atoms with Crippen LogP contribution in [0.2, 0.25) is 5.02 Å². The third kappa shape index (κ3) is 4.93. The zero-order valence-electron chi connectivity index (χ0n) is 14.9. The van der Waals surface area contributed by atoms with Gasteiger partial charge in [0, 0.05) is 19.7 Å². The molecule has 0 fully saturated rings. The van der Waals surface area contributed by atoms with Crippen molar-refractivity contribution >= 4 is 35.1 Å². The van der Waals surface area contributed by atoms with Gasteiger partial charge in [-0.2, -0.15) is 0 Å². The second kappa shape index (κ2) is 9.24. The predicted molar refractivity (Wildman–Crippen MR) is 119 cm³/mol. The lowest BCUT2D eigenvalue weighted by molar-refractivity contribution is 0.471.